The van der Waals surface area contributed by atoms with E-state index in [1.165, 1.54) is 11.1 Å². The largest absolute Gasteiger partial charge is 0.478 e. The fourth-order valence-electron chi connectivity index (χ4n) is 2.04. The Morgan fingerprint density at radius 2 is 1.86 bits per heavy atom. The van der Waals surface area contributed by atoms with Crippen molar-refractivity contribution in [2.45, 2.75) is 26.8 Å². The maximum Gasteiger partial charge on any atom is 0.218 e. The molecule has 0 unspecified atom stereocenters. The third kappa shape index (κ3) is 4.72. The number of nitrogens with two attached hydrogens (primary N) is 1. The summed E-state index contributed by atoms with van der Waals surface area (Å²) in [5.41, 5.74) is 8.01. The normalized spacial score (nSPS) is 10.4. The molecule has 5 nitrogen and oxygen atoms in total. The lowest BCUT2D eigenvalue weighted by molar-refractivity contribution is 0.325. The molecule has 0 aliphatic rings. The molecule has 2 aromatic rings. The molecule has 0 aliphatic heterocycles. The minimum absolute atomic E-state index is 0.596. The first-order valence-electron chi connectivity index (χ1n) is 7.21. The van der Waals surface area contributed by atoms with E-state index in [1.807, 2.05) is 19.9 Å². The van der Waals surface area contributed by atoms with Gasteiger partial charge in [-0.15, -0.1) is 0 Å². The first kappa shape index (κ1) is 15.3. The number of ether oxygens (including phenoxy) is 1. The van der Waals surface area contributed by atoms with Crippen molar-refractivity contribution in [3.8, 4) is 5.88 Å². The van der Waals surface area contributed by atoms with Crippen LogP contribution in [0.4, 0.5) is 5.82 Å². The Hall–Kier alpha value is -2.14. The van der Waals surface area contributed by atoms with Crippen molar-refractivity contribution in [3.63, 3.8) is 0 Å². The highest BCUT2D eigenvalue weighted by molar-refractivity contribution is 5.39. The summed E-state index contributed by atoms with van der Waals surface area (Å²) in [4.78, 5) is 8.58. The number of nitrogens with zero attached hydrogens (tertiary/aromatic N) is 2. The Morgan fingerprint density at radius 1 is 1.14 bits per heavy atom. The van der Waals surface area contributed by atoms with Crippen molar-refractivity contribution in [1.82, 2.24) is 9.97 Å². The average Bonchev–Trinajstić information content (AvgIpc) is 2.47. The zero-order valence-corrected chi connectivity index (χ0v) is 12.6. The maximum absolute atomic E-state index is 5.55. The zero-order valence-electron chi connectivity index (χ0n) is 12.6. The summed E-state index contributed by atoms with van der Waals surface area (Å²) < 4.78 is 5.42. The molecule has 0 atom stereocenters. The number of hydrogen-bond donors (Lipinski definition) is 2. The van der Waals surface area contributed by atoms with Gasteiger partial charge >= 0.3 is 0 Å². The Labute approximate surface area is 125 Å². The van der Waals surface area contributed by atoms with Crippen molar-refractivity contribution in [2.24, 2.45) is 5.73 Å². The van der Waals surface area contributed by atoms with Crippen LogP contribution in [0.25, 0.3) is 0 Å². The van der Waals surface area contributed by atoms with E-state index in [-0.39, 0.29) is 0 Å². The van der Waals surface area contributed by atoms with Crippen LogP contribution in [0.15, 0.2) is 30.3 Å². The van der Waals surface area contributed by atoms with Crippen molar-refractivity contribution in [3.05, 3.63) is 47.3 Å². The molecule has 0 aliphatic carbocycles. The summed E-state index contributed by atoms with van der Waals surface area (Å²) in [6.45, 7) is 5.78. The molecule has 0 radical (unpaired) electrons. The van der Waals surface area contributed by atoms with Crippen LogP contribution >= 0.6 is 0 Å². The number of aryl methyl sites for hydroxylation is 1. The predicted octanol–water partition coefficient (Wildman–Crippen LogP) is 2.30. The highest BCUT2D eigenvalue weighted by atomic mass is 16.5. The minimum atomic E-state index is 0.596. The molecule has 0 saturated heterocycles. The number of nitrogens with one attached hydrogen (secondary N) is 1. The van der Waals surface area contributed by atoms with Crippen molar-refractivity contribution in [2.75, 3.05) is 18.5 Å². The van der Waals surface area contributed by atoms with Gasteiger partial charge < -0.3 is 15.8 Å². The Kier molecular flexibility index (Phi) is 5.51. The molecule has 21 heavy (non-hydrogen) atoms. The Bertz CT molecular complexity index is 569. The molecule has 1 heterocycles. The van der Waals surface area contributed by atoms with Gasteiger partial charge in [0, 0.05) is 12.6 Å². The van der Waals surface area contributed by atoms with E-state index in [1.54, 1.807) is 0 Å². The van der Waals surface area contributed by atoms with E-state index in [2.05, 4.69) is 39.6 Å². The second-order valence-corrected chi connectivity index (χ2v) is 4.78. The molecule has 5 heteroatoms. The van der Waals surface area contributed by atoms with E-state index >= 15 is 0 Å². The average molecular weight is 286 g/mol. The van der Waals surface area contributed by atoms with Crippen LogP contribution in [0.1, 0.15) is 23.9 Å². The molecule has 3 N–H and O–H groups in total. The molecule has 0 amide bonds. The minimum Gasteiger partial charge on any atom is -0.478 e. The summed E-state index contributed by atoms with van der Waals surface area (Å²) in [5.74, 6) is 2.07. The Morgan fingerprint density at radius 3 is 2.52 bits per heavy atom. The third-order valence-corrected chi connectivity index (χ3v) is 3.04. The monoisotopic (exact) mass is 286 g/mol. The molecule has 1 aromatic carbocycles. The van der Waals surface area contributed by atoms with Crippen molar-refractivity contribution >= 4 is 5.82 Å². The zero-order chi connectivity index (χ0) is 15.1. The smallest absolute Gasteiger partial charge is 0.218 e. The fourth-order valence-corrected chi connectivity index (χ4v) is 2.04. The van der Waals surface area contributed by atoms with E-state index in [4.69, 9.17) is 10.5 Å². The number of rotatable bonds is 7. The van der Waals surface area contributed by atoms with Crippen LogP contribution in [0.2, 0.25) is 0 Å². The lowest BCUT2D eigenvalue weighted by Gasteiger charge is -2.09. The topological polar surface area (TPSA) is 73.1 Å². The first-order chi connectivity index (χ1) is 10.2. The summed E-state index contributed by atoms with van der Waals surface area (Å²) in [6, 6.07) is 10.3. The second-order valence-electron chi connectivity index (χ2n) is 4.78. The van der Waals surface area contributed by atoms with E-state index in [0.29, 0.717) is 31.4 Å². The Balaban J connectivity index is 1.98. The van der Waals surface area contributed by atoms with Crippen LogP contribution in [0.3, 0.4) is 0 Å². The van der Waals surface area contributed by atoms with Gasteiger partial charge in [-0.1, -0.05) is 24.3 Å². The van der Waals surface area contributed by atoms with Gasteiger partial charge in [0.1, 0.15) is 11.6 Å². The second kappa shape index (κ2) is 7.59. The lowest BCUT2D eigenvalue weighted by Crippen LogP contribution is -2.05. The molecule has 2 rings (SSSR count). The number of aromatic nitrogens is 2. The van der Waals surface area contributed by atoms with Crippen LogP contribution in [0.5, 0.6) is 5.88 Å². The molecule has 112 valence electrons. The number of benzene rings is 1. The van der Waals surface area contributed by atoms with E-state index in [0.717, 1.165) is 12.2 Å². The third-order valence-electron chi connectivity index (χ3n) is 3.04. The van der Waals surface area contributed by atoms with Crippen LogP contribution in [0, 0.1) is 6.92 Å². The molecular weight excluding hydrogens is 264 g/mol. The number of anilines is 1. The van der Waals surface area contributed by atoms with Gasteiger partial charge in [0.15, 0.2) is 0 Å². The molecule has 0 saturated carbocycles. The molecular formula is C16H22N4O. The van der Waals surface area contributed by atoms with Crippen molar-refractivity contribution < 1.29 is 4.74 Å². The quantitative estimate of drug-likeness (QED) is 0.817. The highest BCUT2D eigenvalue weighted by Crippen LogP contribution is 2.14. The van der Waals surface area contributed by atoms with Crippen LogP contribution in [-0.2, 0) is 13.0 Å². The molecule has 1 aromatic heterocycles. The lowest BCUT2D eigenvalue weighted by atomic mass is 10.1. The first-order valence-corrected chi connectivity index (χ1v) is 7.21. The summed E-state index contributed by atoms with van der Waals surface area (Å²) in [5, 5.41) is 3.30. The molecule has 0 bridgehead atoms. The van der Waals surface area contributed by atoms with Gasteiger partial charge in [0.2, 0.25) is 5.88 Å². The summed E-state index contributed by atoms with van der Waals surface area (Å²) in [7, 11) is 0. The SMILES string of the molecule is CCOc1cc(NCc2ccc(CCN)cc2)nc(C)n1. The number of hydrogen-bond acceptors (Lipinski definition) is 5. The van der Waals surface area contributed by atoms with Gasteiger partial charge in [0.25, 0.3) is 0 Å². The maximum atomic E-state index is 5.55. The molecule has 0 spiro atoms. The predicted molar refractivity (Wildman–Crippen MR) is 84.5 cm³/mol. The summed E-state index contributed by atoms with van der Waals surface area (Å²) in [6.07, 6.45) is 0.913. The van der Waals surface area contributed by atoms with Gasteiger partial charge in [-0.05, 0) is 37.9 Å². The highest BCUT2D eigenvalue weighted by Gasteiger charge is 2.02. The van der Waals surface area contributed by atoms with E-state index in [9.17, 15) is 0 Å². The van der Waals surface area contributed by atoms with Gasteiger partial charge in [0.05, 0.1) is 6.61 Å². The fraction of sp³-hybridized carbons (Fsp3) is 0.375. The van der Waals surface area contributed by atoms with Gasteiger partial charge in [-0.3, -0.25) is 0 Å². The molecule has 0 fully saturated rings. The van der Waals surface area contributed by atoms with Gasteiger partial charge in [-0.25, -0.2) is 4.98 Å². The van der Waals surface area contributed by atoms with Crippen LogP contribution < -0.4 is 15.8 Å². The summed E-state index contributed by atoms with van der Waals surface area (Å²) >= 11 is 0. The standard InChI is InChI=1S/C16H22N4O/c1-3-21-16-10-15(19-12(2)20-16)18-11-14-6-4-13(5-7-14)8-9-17/h4-7,10H,3,8-9,11,17H2,1-2H3,(H,18,19,20). The van der Waals surface area contributed by atoms with Crippen molar-refractivity contribution in [1.29, 1.82) is 0 Å². The van der Waals surface area contributed by atoms with Crippen LogP contribution in [-0.4, -0.2) is 23.1 Å². The van der Waals surface area contributed by atoms with E-state index < -0.39 is 0 Å². The van der Waals surface area contributed by atoms with Gasteiger partial charge in [-0.2, -0.15) is 4.98 Å².